The lowest BCUT2D eigenvalue weighted by atomic mass is 10.2. The van der Waals surface area contributed by atoms with Crippen LogP contribution in [0.25, 0.3) is 0 Å². The van der Waals surface area contributed by atoms with E-state index < -0.39 is 0 Å². The second kappa shape index (κ2) is 6.89. The van der Waals surface area contributed by atoms with Crippen molar-refractivity contribution in [2.24, 2.45) is 0 Å². The molecule has 0 bridgehead atoms. The smallest absolute Gasteiger partial charge is 0.220 e. The van der Waals surface area contributed by atoms with E-state index in [0.29, 0.717) is 13.0 Å². The van der Waals surface area contributed by atoms with Crippen LogP contribution in [-0.2, 0) is 9.53 Å². The van der Waals surface area contributed by atoms with E-state index in [1.807, 2.05) is 27.7 Å². The third-order valence-electron chi connectivity index (χ3n) is 1.72. The zero-order chi connectivity index (χ0) is 10.3. The van der Waals surface area contributed by atoms with E-state index in [4.69, 9.17) is 4.74 Å². The second-order valence-electron chi connectivity index (χ2n) is 3.19. The van der Waals surface area contributed by atoms with Crippen LogP contribution >= 0.6 is 0 Å². The highest BCUT2D eigenvalue weighted by molar-refractivity contribution is 5.78. The zero-order valence-electron chi connectivity index (χ0n) is 9.09. The van der Waals surface area contributed by atoms with E-state index in [-0.39, 0.29) is 18.1 Å². The molecule has 1 atom stereocenters. The summed E-state index contributed by atoms with van der Waals surface area (Å²) in [5, 5.41) is 2.85. The molecule has 1 N–H and O–H groups in total. The molecule has 1 saturated heterocycles. The SMILES string of the molecule is CC.CC(C)OCC1CCC(=O)N1. The highest BCUT2D eigenvalue weighted by atomic mass is 16.5. The maximum Gasteiger partial charge on any atom is 0.220 e. The highest BCUT2D eigenvalue weighted by Gasteiger charge is 2.20. The predicted molar refractivity (Wildman–Crippen MR) is 53.6 cm³/mol. The highest BCUT2D eigenvalue weighted by Crippen LogP contribution is 2.07. The fraction of sp³-hybridized carbons (Fsp3) is 0.900. The summed E-state index contributed by atoms with van der Waals surface area (Å²) >= 11 is 0. The molecule has 3 heteroatoms. The molecule has 0 aliphatic carbocycles. The van der Waals surface area contributed by atoms with Crippen LogP contribution in [0.3, 0.4) is 0 Å². The molecule has 78 valence electrons. The average Bonchev–Trinajstić information content (AvgIpc) is 2.52. The summed E-state index contributed by atoms with van der Waals surface area (Å²) in [4.78, 5) is 10.7. The lowest BCUT2D eigenvalue weighted by Crippen LogP contribution is -2.30. The van der Waals surface area contributed by atoms with E-state index in [2.05, 4.69) is 5.32 Å². The number of ether oxygens (including phenoxy) is 1. The van der Waals surface area contributed by atoms with E-state index in [9.17, 15) is 4.79 Å². The van der Waals surface area contributed by atoms with Crippen molar-refractivity contribution in [1.29, 1.82) is 0 Å². The van der Waals surface area contributed by atoms with Crippen LogP contribution in [0, 0.1) is 0 Å². The maximum atomic E-state index is 10.7. The Hall–Kier alpha value is -0.570. The van der Waals surface area contributed by atoms with Gasteiger partial charge in [0.1, 0.15) is 0 Å². The molecule has 0 radical (unpaired) electrons. The van der Waals surface area contributed by atoms with Crippen LogP contribution < -0.4 is 5.32 Å². The predicted octanol–water partition coefficient (Wildman–Crippen LogP) is 1.72. The van der Waals surface area contributed by atoms with Gasteiger partial charge in [-0.2, -0.15) is 0 Å². The van der Waals surface area contributed by atoms with Crippen LogP contribution in [0.1, 0.15) is 40.5 Å². The van der Waals surface area contributed by atoms with Crippen molar-refractivity contribution in [3.63, 3.8) is 0 Å². The summed E-state index contributed by atoms with van der Waals surface area (Å²) in [6.45, 7) is 8.65. The van der Waals surface area contributed by atoms with Crippen molar-refractivity contribution < 1.29 is 9.53 Å². The maximum absolute atomic E-state index is 10.7. The molecular formula is C10H21NO2. The Labute approximate surface area is 80.8 Å². The molecule has 13 heavy (non-hydrogen) atoms. The first-order chi connectivity index (χ1) is 6.18. The van der Waals surface area contributed by atoms with E-state index >= 15 is 0 Å². The molecule has 1 aliphatic heterocycles. The first-order valence-electron chi connectivity index (χ1n) is 5.09. The number of amides is 1. The summed E-state index contributed by atoms with van der Waals surface area (Å²) in [6.07, 6.45) is 1.84. The van der Waals surface area contributed by atoms with Crippen LogP contribution in [-0.4, -0.2) is 24.7 Å². The summed E-state index contributed by atoms with van der Waals surface area (Å²) < 4.78 is 5.36. The average molecular weight is 187 g/mol. The minimum absolute atomic E-state index is 0.155. The zero-order valence-corrected chi connectivity index (χ0v) is 9.09. The number of hydrogen-bond donors (Lipinski definition) is 1. The van der Waals surface area contributed by atoms with Gasteiger partial charge in [-0.25, -0.2) is 0 Å². The van der Waals surface area contributed by atoms with Crippen LogP contribution in [0.5, 0.6) is 0 Å². The molecular weight excluding hydrogens is 166 g/mol. The molecule has 1 rings (SSSR count). The quantitative estimate of drug-likeness (QED) is 0.730. The number of nitrogens with one attached hydrogen (secondary N) is 1. The van der Waals surface area contributed by atoms with Crippen LogP contribution in [0.4, 0.5) is 0 Å². The van der Waals surface area contributed by atoms with Gasteiger partial charge in [0.2, 0.25) is 5.91 Å². The number of hydrogen-bond acceptors (Lipinski definition) is 2. The Balaban J connectivity index is 0.000000671. The monoisotopic (exact) mass is 187 g/mol. The largest absolute Gasteiger partial charge is 0.377 e. The molecule has 1 heterocycles. The van der Waals surface area contributed by atoms with Gasteiger partial charge in [0.15, 0.2) is 0 Å². The van der Waals surface area contributed by atoms with E-state index in [1.165, 1.54) is 0 Å². The molecule has 0 aromatic carbocycles. The molecule has 1 aliphatic rings. The summed E-state index contributed by atoms with van der Waals surface area (Å²) in [6, 6.07) is 0.255. The lowest BCUT2D eigenvalue weighted by Gasteiger charge is -2.12. The number of carbonyl (C=O) groups excluding carboxylic acids is 1. The van der Waals surface area contributed by atoms with Gasteiger partial charge in [-0.3, -0.25) is 4.79 Å². The van der Waals surface area contributed by atoms with Gasteiger partial charge in [0, 0.05) is 6.42 Å². The molecule has 1 unspecified atom stereocenters. The van der Waals surface area contributed by atoms with Crippen molar-refractivity contribution in [3.8, 4) is 0 Å². The van der Waals surface area contributed by atoms with Gasteiger partial charge in [-0.05, 0) is 20.3 Å². The first-order valence-corrected chi connectivity index (χ1v) is 5.09. The third-order valence-corrected chi connectivity index (χ3v) is 1.72. The van der Waals surface area contributed by atoms with Gasteiger partial charge >= 0.3 is 0 Å². The number of rotatable bonds is 3. The van der Waals surface area contributed by atoms with Gasteiger partial charge in [-0.15, -0.1) is 0 Å². The van der Waals surface area contributed by atoms with Crippen molar-refractivity contribution in [2.75, 3.05) is 6.61 Å². The molecule has 3 nitrogen and oxygen atoms in total. The topological polar surface area (TPSA) is 38.3 Å². The molecule has 0 spiro atoms. The molecule has 0 aromatic heterocycles. The Bertz CT molecular complexity index is 146. The van der Waals surface area contributed by atoms with Gasteiger partial charge in [0.05, 0.1) is 18.8 Å². The Morgan fingerprint density at radius 1 is 1.54 bits per heavy atom. The van der Waals surface area contributed by atoms with E-state index in [1.54, 1.807) is 0 Å². The minimum Gasteiger partial charge on any atom is -0.377 e. The van der Waals surface area contributed by atoms with Crippen LogP contribution in [0.15, 0.2) is 0 Å². The molecule has 1 amide bonds. The minimum atomic E-state index is 0.155. The normalized spacial score (nSPS) is 21.0. The summed E-state index contributed by atoms with van der Waals surface area (Å²) in [7, 11) is 0. The summed E-state index contributed by atoms with van der Waals surface area (Å²) in [5.74, 6) is 0.155. The van der Waals surface area contributed by atoms with Crippen molar-refractivity contribution in [1.82, 2.24) is 5.32 Å². The fourth-order valence-electron chi connectivity index (χ4n) is 1.11. The van der Waals surface area contributed by atoms with Crippen LogP contribution in [0.2, 0.25) is 0 Å². The fourth-order valence-corrected chi connectivity index (χ4v) is 1.11. The Morgan fingerprint density at radius 3 is 2.54 bits per heavy atom. The van der Waals surface area contributed by atoms with E-state index in [0.717, 1.165) is 6.42 Å². The lowest BCUT2D eigenvalue weighted by molar-refractivity contribution is -0.119. The van der Waals surface area contributed by atoms with Crippen molar-refractivity contribution in [3.05, 3.63) is 0 Å². The van der Waals surface area contributed by atoms with Gasteiger partial charge in [0.25, 0.3) is 0 Å². The number of carbonyl (C=O) groups is 1. The Kier molecular flexibility index (Phi) is 6.59. The molecule has 1 fully saturated rings. The van der Waals surface area contributed by atoms with Crippen molar-refractivity contribution in [2.45, 2.75) is 52.7 Å². The third kappa shape index (κ3) is 5.64. The first kappa shape index (κ1) is 12.4. The second-order valence-corrected chi connectivity index (χ2v) is 3.19. The van der Waals surface area contributed by atoms with Gasteiger partial charge < -0.3 is 10.1 Å². The Morgan fingerprint density at radius 2 is 2.15 bits per heavy atom. The van der Waals surface area contributed by atoms with Crippen molar-refractivity contribution >= 4 is 5.91 Å². The summed E-state index contributed by atoms with van der Waals surface area (Å²) in [5.41, 5.74) is 0. The molecule has 0 aromatic rings. The standard InChI is InChI=1S/C8H15NO2.C2H6/c1-6(2)11-5-7-3-4-8(10)9-7;1-2/h6-7H,3-5H2,1-2H3,(H,9,10);1-2H3. The molecule has 0 saturated carbocycles. The van der Waals surface area contributed by atoms with Gasteiger partial charge in [-0.1, -0.05) is 13.8 Å².